The van der Waals surface area contributed by atoms with E-state index in [2.05, 4.69) is 12.2 Å². The second kappa shape index (κ2) is 11.3. The Bertz CT molecular complexity index is 319. The van der Waals surface area contributed by atoms with Crippen molar-refractivity contribution in [3.63, 3.8) is 0 Å². The van der Waals surface area contributed by atoms with Gasteiger partial charge in [0.1, 0.15) is 6.54 Å². The van der Waals surface area contributed by atoms with E-state index in [1.165, 1.54) is 32.7 Å². The van der Waals surface area contributed by atoms with E-state index in [1.54, 1.807) is 0 Å². The fraction of sp³-hybridized carbons (Fsp3) is 0.786. The molecule has 1 amide bonds. The monoisotopic (exact) mass is 285 g/mol. The van der Waals surface area contributed by atoms with E-state index in [9.17, 15) is 9.59 Å². The highest BCUT2D eigenvalue weighted by atomic mass is 16.4. The highest BCUT2D eigenvalue weighted by Crippen LogP contribution is 2.09. The van der Waals surface area contributed by atoms with Crippen molar-refractivity contribution in [2.75, 3.05) is 13.6 Å². The van der Waals surface area contributed by atoms with Crippen molar-refractivity contribution in [1.29, 1.82) is 5.41 Å². The zero-order chi connectivity index (χ0) is 15.4. The van der Waals surface area contributed by atoms with Crippen molar-refractivity contribution in [2.24, 2.45) is 0 Å². The third-order valence-electron chi connectivity index (χ3n) is 3.10. The lowest BCUT2D eigenvalue weighted by Crippen LogP contribution is -2.45. The first-order valence-corrected chi connectivity index (χ1v) is 7.31. The maximum atomic E-state index is 11.9. The molecule has 0 rings (SSSR count). The van der Waals surface area contributed by atoms with Crippen LogP contribution in [0.4, 0.5) is 0 Å². The number of hydrogen-bond donors (Lipinski definition) is 3. The van der Waals surface area contributed by atoms with Crippen molar-refractivity contribution in [1.82, 2.24) is 10.2 Å². The van der Waals surface area contributed by atoms with Gasteiger partial charge in [0, 0.05) is 13.5 Å². The van der Waals surface area contributed by atoms with Crippen LogP contribution in [0.3, 0.4) is 0 Å². The van der Waals surface area contributed by atoms with Gasteiger partial charge in [-0.3, -0.25) is 19.9 Å². The Morgan fingerprint density at radius 1 is 1.10 bits per heavy atom. The summed E-state index contributed by atoms with van der Waals surface area (Å²) in [5, 5.41) is 18.8. The minimum atomic E-state index is -1.11. The maximum absolute atomic E-state index is 11.9. The third-order valence-corrected chi connectivity index (χ3v) is 3.10. The summed E-state index contributed by atoms with van der Waals surface area (Å²) in [6.45, 7) is 1.71. The molecule has 0 aromatic carbocycles. The molecule has 6 heteroatoms. The summed E-state index contributed by atoms with van der Waals surface area (Å²) in [7, 11) is 1.50. The van der Waals surface area contributed by atoms with Crippen molar-refractivity contribution in [2.45, 2.75) is 58.3 Å². The fourth-order valence-electron chi connectivity index (χ4n) is 1.93. The molecule has 0 spiro atoms. The standard InChI is InChI=1S/C14H27N3O3/c1-3-4-5-6-7-8-9-10-12(18)17(11-13(19)20)14(15)16-2/h3-11H2,1-2H3,(H2,15,16)(H,19,20). The first-order chi connectivity index (χ1) is 9.52. The number of carboxylic acids is 1. The van der Waals surface area contributed by atoms with E-state index in [4.69, 9.17) is 10.5 Å². The van der Waals surface area contributed by atoms with Gasteiger partial charge in [-0.25, -0.2) is 0 Å². The zero-order valence-electron chi connectivity index (χ0n) is 12.6. The van der Waals surface area contributed by atoms with E-state index in [0.29, 0.717) is 6.42 Å². The van der Waals surface area contributed by atoms with E-state index < -0.39 is 12.5 Å². The molecule has 0 radical (unpaired) electrons. The van der Waals surface area contributed by atoms with Gasteiger partial charge in [-0.15, -0.1) is 0 Å². The van der Waals surface area contributed by atoms with Crippen LogP contribution in [-0.2, 0) is 9.59 Å². The number of rotatable bonds is 10. The number of aliphatic carboxylic acids is 1. The molecular weight excluding hydrogens is 258 g/mol. The number of carbonyl (C=O) groups excluding carboxylic acids is 1. The molecule has 0 aliphatic heterocycles. The number of nitrogens with zero attached hydrogens (tertiary/aromatic N) is 1. The summed E-state index contributed by atoms with van der Waals surface area (Å²) in [5.41, 5.74) is 0. The number of carboxylic acid groups (broad SMARTS) is 1. The number of amides is 1. The number of carbonyl (C=O) groups is 2. The van der Waals surface area contributed by atoms with Crippen molar-refractivity contribution in [3.8, 4) is 0 Å². The normalized spacial score (nSPS) is 10.1. The molecular formula is C14H27N3O3. The Hall–Kier alpha value is -1.59. The molecule has 0 aliphatic rings. The number of hydrogen-bond acceptors (Lipinski definition) is 3. The van der Waals surface area contributed by atoms with Gasteiger partial charge in [-0.05, 0) is 6.42 Å². The molecule has 3 N–H and O–H groups in total. The third kappa shape index (κ3) is 8.50. The molecule has 0 aromatic heterocycles. The molecule has 116 valence electrons. The van der Waals surface area contributed by atoms with Gasteiger partial charge >= 0.3 is 5.97 Å². The summed E-state index contributed by atoms with van der Waals surface area (Å²) >= 11 is 0. The van der Waals surface area contributed by atoms with Crippen LogP contribution in [0, 0.1) is 5.41 Å². The summed E-state index contributed by atoms with van der Waals surface area (Å²) in [4.78, 5) is 23.6. The lowest BCUT2D eigenvalue weighted by molar-refractivity contribution is -0.141. The predicted octanol–water partition coefficient (Wildman–Crippen LogP) is 2.19. The quantitative estimate of drug-likeness (QED) is 0.326. The molecule has 0 aromatic rings. The Morgan fingerprint density at radius 3 is 2.15 bits per heavy atom. The van der Waals surface area contributed by atoms with Gasteiger partial charge in [0.25, 0.3) is 0 Å². The molecule has 0 bridgehead atoms. The molecule has 0 unspecified atom stereocenters. The highest BCUT2D eigenvalue weighted by molar-refractivity contribution is 5.98. The Kier molecular flexibility index (Phi) is 10.4. The number of nitrogens with one attached hydrogen (secondary N) is 2. The molecule has 0 saturated carbocycles. The Morgan fingerprint density at radius 2 is 1.65 bits per heavy atom. The van der Waals surface area contributed by atoms with Crippen LogP contribution in [0.15, 0.2) is 0 Å². The van der Waals surface area contributed by atoms with Crippen LogP contribution < -0.4 is 5.32 Å². The lowest BCUT2D eigenvalue weighted by Gasteiger charge is -2.20. The second-order valence-corrected chi connectivity index (χ2v) is 4.84. The summed E-state index contributed by atoms with van der Waals surface area (Å²) < 4.78 is 0. The van der Waals surface area contributed by atoms with Gasteiger partial charge in [0.15, 0.2) is 5.96 Å². The van der Waals surface area contributed by atoms with Crippen LogP contribution in [0.5, 0.6) is 0 Å². The SMILES string of the molecule is CCCCCCCCCC(=O)N(CC(=O)O)C(=N)NC. The van der Waals surface area contributed by atoms with Crippen LogP contribution >= 0.6 is 0 Å². The molecule has 0 fully saturated rings. The molecule has 0 aliphatic carbocycles. The van der Waals surface area contributed by atoms with Gasteiger partial charge in [-0.2, -0.15) is 0 Å². The largest absolute Gasteiger partial charge is 0.480 e. The van der Waals surface area contributed by atoms with Gasteiger partial charge in [-0.1, -0.05) is 45.4 Å². The van der Waals surface area contributed by atoms with Crippen LogP contribution in [0.25, 0.3) is 0 Å². The smallest absolute Gasteiger partial charge is 0.323 e. The lowest BCUT2D eigenvalue weighted by atomic mass is 10.1. The van der Waals surface area contributed by atoms with E-state index in [-0.39, 0.29) is 11.9 Å². The maximum Gasteiger partial charge on any atom is 0.323 e. The minimum absolute atomic E-state index is 0.166. The molecule has 0 atom stereocenters. The van der Waals surface area contributed by atoms with E-state index >= 15 is 0 Å². The summed E-state index contributed by atoms with van der Waals surface area (Å²) in [6, 6.07) is 0. The summed E-state index contributed by atoms with van der Waals surface area (Å²) in [5.74, 6) is -1.58. The van der Waals surface area contributed by atoms with Crippen LogP contribution in [-0.4, -0.2) is 41.4 Å². The van der Waals surface area contributed by atoms with Gasteiger partial charge in [0.05, 0.1) is 0 Å². The second-order valence-electron chi connectivity index (χ2n) is 4.84. The number of guanidine groups is 1. The van der Waals surface area contributed by atoms with Gasteiger partial charge in [0.2, 0.25) is 5.91 Å². The first kappa shape index (κ1) is 18.4. The van der Waals surface area contributed by atoms with Crippen LogP contribution in [0.2, 0.25) is 0 Å². The Labute approximate surface area is 121 Å². The summed E-state index contributed by atoms with van der Waals surface area (Å²) in [6.07, 6.45) is 8.02. The average Bonchev–Trinajstić information content (AvgIpc) is 2.42. The molecule has 20 heavy (non-hydrogen) atoms. The topological polar surface area (TPSA) is 93.5 Å². The van der Waals surface area contributed by atoms with E-state index in [1.807, 2.05) is 0 Å². The average molecular weight is 285 g/mol. The van der Waals surface area contributed by atoms with Crippen molar-refractivity contribution >= 4 is 17.8 Å². The predicted molar refractivity (Wildman–Crippen MR) is 78.7 cm³/mol. The highest BCUT2D eigenvalue weighted by Gasteiger charge is 2.19. The van der Waals surface area contributed by atoms with Crippen molar-refractivity contribution in [3.05, 3.63) is 0 Å². The zero-order valence-corrected chi connectivity index (χ0v) is 12.6. The fourth-order valence-corrected chi connectivity index (χ4v) is 1.93. The number of unbranched alkanes of at least 4 members (excludes halogenated alkanes) is 6. The molecule has 0 heterocycles. The first-order valence-electron chi connectivity index (χ1n) is 7.31. The Balaban J connectivity index is 3.95. The molecule has 6 nitrogen and oxygen atoms in total. The van der Waals surface area contributed by atoms with Crippen LogP contribution in [0.1, 0.15) is 58.3 Å². The van der Waals surface area contributed by atoms with E-state index in [0.717, 1.165) is 24.2 Å². The van der Waals surface area contributed by atoms with Gasteiger partial charge < -0.3 is 10.4 Å². The van der Waals surface area contributed by atoms with Crippen molar-refractivity contribution < 1.29 is 14.7 Å². The molecule has 0 saturated heterocycles. The minimum Gasteiger partial charge on any atom is -0.480 e.